The van der Waals surface area contributed by atoms with E-state index < -0.39 is 0 Å². The van der Waals surface area contributed by atoms with Gasteiger partial charge in [-0.15, -0.1) is 0 Å². The van der Waals surface area contributed by atoms with E-state index in [1.54, 1.807) is 7.05 Å². The number of hydrogen-bond acceptors (Lipinski definition) is 6. The maximum atomic E-state index is 5.97. The van der Waals surface area contributed by atoms with E-state index in [1.807, 2.05) is 43.3 Å². The first kappa shape index (κ1) is 20.7. The molecule has 2 aromatic carbocycles. The van der Waals surface area contributed by atoms with E-state index in [2.05, 4.69) is 37.9 Å². The zero-order valence-electron chi connectivity index (χ0n) is 17.8. The van der Waals surface area contributed by atoms with Gasteiger partial charge in [0.1, 0.15) is 12.7 Å². The number of aromatic nitrogens is 2. The molecule has 0 saturated carbocycles. The fourth-order valence-corrected chi connectivity index (χ4v) is 3.25. The lowest BCUT2D eigenvalue weighted by atomic mass is 10.1. The van der Waals surface area contributed by atoms with Gasteiger partial charge in [-0.3, -0.25) is 4.99 Å². The number of aliphatic imine (C=N–C) groups is 1. The molecule has 0 amide bonds. The van der Waals surface area contributed by atoms with Crippen molar-refractivity contribution in [1.29, 1.82) is 0 Å². The Balaban J connectivity index is 1.21. The molecule has 1 atom stereocenters. The maximum Gasteiger partial charge on any atom is 0.257 e. The fraction of sp³-hybridized carbons (Fsp3) is 0.348. The minimum Gasteiger partial charge on any atom is -0.486 e. The second kappa shape index (κ2) is 9.97. The maximum absolute atomic E-state index is 5.97. The topological polar surface area (TPSA) is 93.8 Å². The summed E-state index contributed by atoms with van der Waals surface area (Å²) in [6.45, 7) is 3.87. The van der Waals surface area contributed by atoms with Crippen LogP contribution < -0.4 is 20.1 Å². The average molecular weight is 422 g/mol. The lowest BCUT2D eigenvalue weighted by molar-refractivity contribution is 0.0936. The Morgan fingerprint density at radius 1 is 1.10 bits per heavy atom. The summed E-state index contributed by atoms with van der Waals surface area (Å²) < 4.78 is 17.0. The van der Waals surface area contributed by atoms with Gasteiger partial charge in [0, 0.05) is 25.6 Å². The van der Waals surface area contributed by atoms with Crippen molar-refractivity contribution in [2.45, 2.75) is 25.9 Å². The first-order valence-electron chi connectivity index (χ1n) is 10.5. The van der Waals surface area contributed by atoms with Crippen LogP contribution in [-0.4, -0.2) is 48.9 Å². The summed E-state index contributed by atoms with van der Waals surface area (Å²) in [5.74, 6) is 3.58. The first-order chi connectivity index (χ1) is 15.2. The smallest absolute Gasteiger partial charge is 0.257 e. The van der Waals surface area contributed by atoms with Crippen LogP contribution in [0, 0.1) is 0 Å². The lowest BCUT2D eigenvalue weighted by Gasteiger charge is -2.27. The van der Waals surface area contributed by atoms with Crippen LogP contribution in [0.4, 0.5) is 0 Å². The van der Waals surface area contributed by atoms with E-state index in [0.29, 0.717) is 19.0 Å². The second-order valence-electron chi connectivity index (χ2n) is 7.19. The molecule has 0 aliphatic carbocycles. The van der Waals surface area contributed by atoms with Gasteiger partial charge in [-0.25, -0.2) is 0 Å². The Kier molecular flexibility index (Phi) is 6.66. The molecular weight excluding hydrogens is 394 g/mol. The van der Waals surface area contributed by atoms with Gasteiger partial charge in [-0.2, -0.15) is 4.98 Å². The van der Waals surface area contributed by atoms with Crippen molar-refractivity contribution in [2.75, 3.05) is 26.7 Å². The average Bonchev–Trinajstić information content (AvgIpc) is 3.31. The van der Waals surface area contributed by atoms with Crippen LogP contribution >= 0.6 is 0 Å². The highest BCUT2D eigenvalue weighted by atomic mass is 16.6. The highest BCUT2D eigenvalue weighted by Crippen LogP contribution is 2.30. The van der Waals surface area contributed by atoms with Crippen molar-refractivity contribution in [3.8, 4) is 23.0 Å². The molecule has 0 radical (unpaired) electrons. The number of para-hydroxylation sites is 2. The molecule has 0 spiro atoms. The number of nitrogens with one attached hydrogen (secondary N) is 2. The van der Waals surface area contributed by atoms with Crippen molar-refractivity contribution in [1.82, 2.24) is 20.8 Å². The molecule has 1 aliphatic rings. The van der Waals surface area contributed by atoms with Crippen molar-refractivity contribution < 1.29 is 14.0 Å². The van der Waals surface area contributed by atoms with E-state index in [4.69, 9.17) is 14.0 Å². The molecule has 0 bridgehead atoms. The van der Waals surface area contributed by atoms with Crippen molar-refractivity contribution >= 4 is 5.96 Å². The SMILES string of the molecule is CCc1noc(-c2ccc(CCNC(=NC)NCC3COc4ccccc4O3)cc2)n1. The number of aryl methyl sites for hydroxylation is 1. The highest BCUT2D eigenvalue weighted by Gasteiger charge is 2.20. The summed E-state index contributed by atoms with van der Waals surface area (Å²) in [5.41, 5.74) is 2.14. The van der Waals surface area contributed by atoms with E-state index in [9.17, 15) is 0 Å². The van der Waals surface area contributed by atoms with Gasteiger partial charge in [-0.1, -0.05) is 36.3 Å². The summed E-state index contributed by atoms with van der Waals surface area (Å²) in [6.07, 6.45) is 1.55. The van der Waals surface area contributed by atoms with Crippen LogP contribution in [0.15, 0.2) is 58.0 Å². The minimum atomic E-state index is -0.0704. The van der Waals surface area contributed by atoms with Gasteiger partial charge in [0.2, 0.25) is 0 Å². The van der Waals surface area contributed by atoms with E-state index in [0.717, 1.165) is 48.2 Å². The predicted octanol–water partition coefficient (Wildman–Crippen LogP) is 2.85. The van der Waals surface area contributed by atoms with Crippen LogP contribution in [0.2, 0.25) is 0 Å². The van der Waals surface area contributed by atoms with Crippen LogP contribution in [0.5, 0.6) is 11.5 Å². The standard InChI is InChI=1S/C23H27N5O3/c1-3-21-27-22(31-28-21)17-10-8-16(9-11-17)12-13-25-23(24-2)26-14-18-15-29-19-6-4-5-7-20(19)30-18/h4-11,18H,3,12-15H2,1-2H3,(H2,24,25,26). The van der Waals surface area contributed by atoms with Crippen molar-refractivity contribution in [3.05, 3.63) is 59.9 Å². The van der Waals surface area contributed by atoms with Crippen molar-refractivity contribution in [2.24, 2.45) is 4.99 Å². The molecule has 1 unspecified atom stereocenters. The minimum absolute atomic E-state index is 0.0704. The normalized spacial score (nSPS) is 15.5. The van der Waals surface area contributed by atoms with Crippen LogP contribution in [0.25, 0.3) is 11.5 Å². The molecule has 0 saturated heterocycles. The fourth-order valence-electron chi connectivity index (χ4n) is 3.25. The van der Waals surface area contributed by atoms with Gasteiger partial charge in [0.15, 0.2) is 23.3 Å². The molecule has 8 nitrogen and oxygen atoms in total. The van der Waals surface area contributed by atoms with Crippen molar-refractivity contribution in [3.63, 3.8) is 0 Å². The zero-order valence-corrected chi connectivity index (χ0v) is 17.8. The largest absolute Gasteiger partial charge is 0.486 e. The molecule has 1 aromatic heterocycles. The van der Waals surface area contributed by atoms with Gasteiger partial charge < -0.3 is 24.6 Å². The molecular formula is C23H27N5O3. The molecule has 2 N–H and O–H groups in total. The molecule has 31 heavy (non-hydrogen) atoms. The summed E-state index contributed by atoms with van der Waals surface area (Å²) in [7, 11) is 1.76. The Labute approximate surface area is 181 Å². The Bertz CT molecular complexity index is 1020. The molecule has 3 aromatic rings. The number of fused-ring (bicyclic) bond motifs is 1. The van der Waals surface area contributed by atoms with Gasteiger partial charge in [-0.05, 0) is 36.2 Å². The number of guanidine groups is 1. The third-order valence-corrected chi connectivity index (χ3v) is 4.98. The number of hydrogen-bond donors (Lipinski definition) is 2. The van der Waals surface area contributed by atoms with Gasteiger partial charge >= 0.3 is 0 Å². The summed E-state index contributed by atoms with van der Waals surface area (Å²) in [4.78, 5) is 8.65. The van der Waals surface area contributed by atoms with Crippen LogP contribution in [0.3, 0.4) is 0 Å². The van der Waals surface area contributed by atoms with E-state index in [1.165, 1.54) is 5.56 Å². The summed E-state index contributed by atoms with van der Waals surface area (Å²) in [5, 5.41) is 10.6. The Hall–Kier alpha value is -3.55. The third-order valence-electron chi connectivity index (χ3n) is 4.98. The number of rotatable bonds is 7. The number of benzene rings is 2. The molecule has 8 heteroatoms. The highest BCUT2D eigenvalue weighted by molar-refractivity contribution is 5.79. The lowest BCUT2D eigenvalue weighted by Crippen LogP contribution is -2.45. The van der Waals surface area contributed by atoms with Gasteiger partial charge in [0.05, 0.1) is 6.54 Å². The number of ether oxygens (including phenoxy) is 2. The predicted molar refractivity (Wildman–Crippen MR) is 119 cm³/mol. The molecule has 162 valence electrons. The zero-order chi connectivity index (χ0) is 21.5. The summed E-state index contributed by atoms with van der Waals surface area (Å²) in [6, 6.07) is 15.9. The second-order valence-corrected chi connectivity index (χ2v) is 7.19. The van der Waals surface area contributed by atoms with Crippen LogP contribution in [-0.2, 0) is 12.8 Å². The summed E-state index contributed by atoms with van der Waals surface area (Å²) >= 11 is 0. The first-order valence-corrected chi connectivity index (χ1v) is 10.5. The monoisotopic (exact) mass is 421 g/mol. The van der Waals surface area contributed by atoms with E-state index >= 15 is 0 Å². The Morgan fingerprint density at radius 2 is 1.90 bits per heavy atom. The molecule has 0 fully saturated rings. The Morgan fingerprint density at radius 3 is 2.65 bits per heavy atom. The van der Waals surface area contributed by atoms with E-state index in [-0.39, 0.29) is 6.10 Å². The molecule has 2 heterocycles. The third kappa shape index (κ3) is 5.33. The number of nitrogens with zero attached hydrogens (tertiary/aromatic N) is 3. The molecule has 4 rings (SSSR count). The van der Waals surface area contributed by atoms with Crippen LogP contribution in [0.1, 0.15) is 18.3 Å². The molecule has 1 aliphatic heterocycles. The quantitative estimate of drug-likeness (QED) is 0.447. The van der Waals surface area contributed by atoms with Gasteiger partial charge in [0.25, 0.3) is 5.89 Å².